The van der Waals surface area contributed by atoms with Gasteiger partial charge in [0.15, 0.2) is 0 Å². The van der Waals surface area contributed by atoms with Crippen LogP contribution in [0.25, 0.3) is 17.0 Å². The van der Waals surface area contributed by atoms with Crippen molar-refractivity contribution >= 4 is 27.0 Å². The van der Waals surface area contributed by atoms with E-state index in [4.69, 9.17) is 4.74 Å². The smallest absolute Gasteiger partial charge is 0.268 e. The average Bonchev–Trinajstić information content (AvgIpc) is 3.00. The summed E-state index contributed by atoms with van der Waals surface area (Å²) in [6, 6.07) is 12.4. The van der Waals surface area contributed by atoms with Gasteiger partial charge in [0.1, 0.15) is 11.9 Å². The number of fused-ring (bicyclic) bond motifs is 3. The molecule has 5 heteroatoms. The van der Waals surface area contributed by atoms with Crippen LogP contribution in [0, 0.1) is 6.92 Å². The first kappa shape index (κ1) is 15.0. The lowest BCUT2D eigenvalue weighted by atomic mass is 10.1. The molecular weight excluding hydrogens is 322 g/mol. The quantitative estimate of drug-likeness (QED) is 0.709. The summed E-state index contributed by atoms with van der Waals surface area (Å²) in [6.45, 7) is 3.89. The highest BCUT2D eigenvalue weighted by molar-refractivity contribution is 7.90. The second kappa shape index (κ2) is 5.24. The second-order valence-corrected chi connectivity index (χ2v) is 7.84. The van der Waals surface area contributed by atoms with Gasteiger partial charge in [0.2, 0.25) is 0 Å². The standard InChI is InChI=1S/C19H17NO3S/c1-13-3-8-16(9-4-13)24(21,22)20-12-11-17-18(20)10-7-15-6-5-14(2)23-19(15)17/h3-12,14H,1-2H3/t14-/m1/s1. The molecule has 0 bridgehead atoms. The first-order chi connectivity index (χ1) is 11.5. The number of rotatable bonds is 2. The summed E-state index contributed by atoms with van der Waals surface area (Å²) in [5.41, 5.74) is 2.61. The highest BCUT2D eigenvalue weighted by Crippen LogP contribution is 2.36. The summed E-state index contributed by atoms with van der Waals surface area (Å²) < 4.78 is 33.1. The van der Waals surface area contributed by atoms with Gasteiger partial charge < -0.3 is 4.74 Å². The van der Waals surface area contributed by atoms with Crippen LogP contribution in [0.2, 0.25) is 0 Å². The zero-order valence-corrected chi connectivity index (χ0v) is 14.2. The Labute approximate surface area is 141 Å². The van der Waals surface area contributed by atoms with Gasteiger partial charge in [-0.15, -0.1) is 0 Å². The number of nitrogens with zero attached hydrogens (tertiary/aromatic N) is 1. The Morgan fingerprint density at radius 3 is 2.54 bits per heavy atom. The summed E-state index contributed by atoms with van der Waals surface area (Å²) in [5.74, 6) is 0.736. The minimum atomic E-state index is -3.64. The van der Waals surface area contributed by atoms with Gasteiger partial charge in [-0.2, -0.15) is 0 Å². The first-order valence-electron chi connectivity index (χ1n) is 7.78. The molecule has 2 aromatic carbocycles. The fourth-order valence-electron chi connectivity index (χ4n) is 2.94. The molecule has 0 spiro atoms. The van der Waals surface area contributed by atoms with Crippen LogP contribution < -0.4 is 4.74 Å². The van der Waals surface area contributed by atoms with Crippen molar-refractivity contribution in [3.8, 4) is 5.75 Å². The lowest BCUT2D eigenvalue weighted by Gasteiger charge is -2.19. The van der Waals surface area contributed by atoms with Crippen molar-refractivity contribution in [2.24, 2.45) is 0 Å². The van der Waals surface area contributed by atoms with Crippen LogP contribution in [0.3, 0.4) is 0 Å². The van der Waals surface area contributed by atoms with Crippen LogP contribution >= 0.6 is 0 Å². The van der Waals surface area contributed by atoms with Crippen LogP contribution in [0.5, 0.6) is 5.75 Å². The molecule has 0 saturated carbocycles. The number of hydrogen-bond donors (Lipinski definition) is 0. The molecule has 1 aliphatic heterocycles. The van der Waals surface area contributed by atoms with E-state index in [0.717, 1.165) is 22.3 Å². The molecule has 122 valence electrons. The highest BCUT2D eigenvalue weighted by atomic mass is 32.2. The van der Waals surface area contributed by atoms with Crippen LogP contribution in [0.1, 0.15) is 18.1 Å². The summed E-state index contributed by atoms with van der Waals surface area (Å²) in [5, 5.41) is 0.805. The Morgan fingerprint density at radius 2 is 1.79 bits per heavy atom. The highest BCUT2D eigenvalue weighted by Gasteiger charge is 2.22. The predicted molar refractivity (Wildman–Crippen MR) is 94.8 cm³/mol. The lowest BCUT2D eigenvalue weighted by molar-refractivity contribution is 0.269. The molecule has 0 amide bonds. The fraction of sp³-hybridized carbons (Fsp3) is 0.158. The molecule has 3 aromatic rings. The van der Waals surface area contributed by atoms with Crippen LogP contribution in [0.4, 0.5) is 0 Å². The van der Waals surface area contributed by atoms with Crippen molar-refractivity contribution in [2.45, 2.75) is 24.8 Å². The molecule has 1 aromatic heterocycles. The number of ether oxygens (including phenoxy) is 1. The van der Waals surface area contributed by atoms with E-state index >= 15 is 0 Å². The summed E-state index contributed by atoms with van der Waals surface area (Å²) >= 11 is 0. The Kier molecular flexibility index (Phi) is 3.28. The van der Waals surface area contributed by atoms with Crippen LogP contribution in [-0.2, 0) is 10.0 Å². The Morgan fingerprint density at radius 1 is 1.04 bits per heavy atom. The van der Waals surface area contributed by atoms with Crippen molar-refractivity contribution < 1.29 is 13.2 Å². The van der Waals surface area contributed by atoms with Gasteiger partial charge in [-0.05, 0) is 50.3 Å². The summed E-state index contributed by atoms with van der Waals surface area (Å²) in [6.07, 6.45) is 5.55. The molecule has 4 nitrogen and oxygen atoms in total. The third-order valence-corrected chi connectivity index (χ3v) is 5.95. The van der Waals surface area contributed by atoms with Crippen molar-refractivity contribution in [3.63, 3.8) is 0 Å². The molecule has 0 fully saturated rings. The third kappa shape index (κ3) is 2.24. The van der Waals surface area contributed by atoms with E-state index in [9.17, 15) is 8.42 Å². The Balaban J connectivity index is 1.91. The monoisotopic (exact) mass is 339 g/mol. The van der Waals surface area contributed by atoms with Gasteiger partial charge >= 0.3 is 0 Å². The maximum absolute atomic E-state index is 13.0. The van der Waals surface area contributed by atoms with E-state index in [1.54, 1.807) is 36.5 Å². The molecular formula is C19H17NO3S. The lowest BCUT2D eigenvalue weighted by Crippen LogP contribution is -2.13. The van der Waals surface area contributed by atoms with Gasteiger partial charge in [0.05, 0.1) is 10.4 Å². The zero-order valence-electron chi connectivity index (χ0n) is 13.4. The van der Waals surface area contributed by atoms with E-state index in [2.05, 4.69) is 0 Å². The number of hydrogen-bond acceptors (Lipinski definition) is 3. The maximum Gasteiger partial charge on any atom is 0.268 e. The van der Waals surface area contributed by atoms with Crippen molar-refractivity contribution in [1.82, 2.24) is 3.97 Å². The molecule has 0 unspecified atom stereocenters. The van der Waals surface area contributed by atoms with Gasteiger partial charge in [0.25, 0.3) is 10.0 Å². The molecule has 1 aliphatic rings. The Bertz CT molecular complexity index is 1060. The Hall–Kier alpha value is -2.53. The second-order valence-electron chi connectivity index (χ2n) is 6.03. The molecule has 4 rings (SSSR count). The number of benzene rings is 2. The van der Waals surface area contributed by atoms with E-state index in [1.165, 1.54) is 3.97 Å². The fourth-order valence-corrected chi connectivity index (χ4v) is 4.29. The molecule has 0 radical (unpaired) electrons. The minimum absolute atomic E-state index is 0.0276. The van der Waals surface area contributed by atoms with Gasteiger partial charge in [-0.3, -0.25) is 0 Å². The molecule has 24 heavy (non-hydrogen) atoms. The van der Waals surface area contributed by atoms with E-state index in [1.807, 2.05) is 38.1 Å². The zero-order chi connectivity index (χ0) is 16.9. The van der Waals surface area contributed by atoms with E-state index in [-0.39, 0.29) is 11.0 Å². The van der Waals surface area contributed by atoms with Gasteiger partial charge in [0, 0.05) is 17.1 Å². The summed E-state index contributed by atoms with van der Waals surface area (Å²) in [4.78, 5) is 0.275. The van der Waals surface area contributed by atoms with Gasteiger partial charge in [-0.1, -0.05) is 23.8 Å². The first-order valence-corrected chi connectivity index (χ1v) is 9.22. The molecule has 0 saturated heterocycles. The van der Waals surface area contributed by atoms with Gasteiger partial charge in [-0.25, -0.2) is 12.4 Å². The maximum atomic E-state index is 13.0. The van der Waals surface area contributed by atoms with Crippen molar-refractivity contribution in [2.75, 3.05) is 0 Å². The number of aromatic nitrogens is 1. The normalized spacial score (nSPS) is 16.8. The SMILES string of the molecule is Cc1ccc(S(=O)(=O)n2ccc3c4c(ccc32)C=C[C@@H](C)O4)cc1. The molecule has 1 atom stereocenters. The summed E-state index contributed by atoms with van der Waals surface area (Å²) in [7, 11) is -3.64. The van der Waals surface area contributed by atoms with E-state index < -0.39 is 10.0 Å². The van der Waals surface area contributed by atoms with Crippen molar-refractivity contribution in [1.29, 1.82) is 0 Å². The average molecular weight is 339 g/mol. The molecule has 0 aliphatic carbocycles. The predicted octanol–water partition coefficient (Wildman–Crippen LogP) is 3.98. The van der Waals surface area contributed by atoms with Crippen molar-refractivity contribution in [3.05, 3.63) is 65.9 Å². The minimum Gasteiger partial charge on any atom is -0.485 e. The molecule has 0 N–H and O–H groups in total. The number of aryl methyl sites for hydroxylation is 1. The largest absolute Gasteiger partial charge is 0.485 e. The third-order valence-electron chi connectivity index (χ3n) is 4.25. The molecule has 2 heterocycles. The van der Waals surface area contributed by atoms with E-state index in [0.29, 0.717) is 5.52 Å². The van der Waals surface area contributed by atoms with Crippen LogP contribution in [0.15, 0.2) is 59.6 Å². The topological polar surface area (TPSA) is 48.3 Å². The van der Waals surface area contributed by atoms with Crippen LogP contribution in [-0.4, -0.2) is 18.5 Å².